The van der Waals surface area contributed by atoms with Crippen LogP contribution in [0.4, 0.5) is 5.69 Å². The number of amides is 3. The van der Waals surface area contributed by atoms with Gasteiger partial charge in [-0.25, -0.2) is 0 Å². The standard InChI is InChI=1S/C19H24Cl2N4O3/c1-2-22-17(26)12-23-7-9-24(10-8-23)18(27)14-5-6-25(19(14)28)13-3-4-15(20)16(21)11-13/h3-4,11,14H,2,5-10,12H2,1H3,(H,22,26). The van der Waals surface area contributed by atoms with Gasteiger partial charge in [0.1, 0.15) is 5.92 Å². The molecular weight excluding hydrogens is 403 g/mol. The van der Waals surface area contributed by atoms with Crippen molar-refractivity contribution in [2.24, 2.45) is 5.92 Å². The smallest absolute Gasteiger partial charge is 0.239 e. The molecule has 1 aromatic rings. The van der Waals surface area contributed by atoms with Crippen LogP contribution in [0.2, 0.25) is 10.0 Å². The third kappa shape index (κ3) is 4.59. The molecule has 2 heterocycles. The first-order valence-electron chi connectivity index (χ1n) is 9.45. The molecule has 2 aliphatic heterocycles. The third-order valence-electron chi connectivity index (χ3n) is 5.14. The number of halogens is 2. The van der Waals surface area contributed by atoms with Gasteiger partial charge in [-0.2, -0.15) is 0 Å². The van der Waals surface area contributed by atoms with Crippen molar-refractivity contribution in [3.63, 3.8) is 0 Å². The van der Waals surface area contributed by atoms with Crippen LogP contribution in [0.5, 0.6) is 0 Å². The predicted molar refractivity (Wildman–Crippen MR) is 109 cm³/mol. The van der Waals surface area contributed by atoms with E-state index in [1.165, 1.54) is 0 Å². The van der Waals surface area contributed by atoms with Crippen LogP contribution >= 0.6 is 23.2 Å². The Morgan fingerprint density at radius 2 is 1.82 bits per heavy atom. The maximum atomic E-state index is 12.9. The van der Waals surface area contributed by atoms with Crippen molar-refractivity contribution in [3.8, 4) is 0 Å². The zero-order valence-electron chi connectivity index (χ0n) is 15.8. The van der Waals surface area contributed by atoms with Crippen molar-refractivity contribution in [3.05, 3.63) is 28.2 Å². The van der Waals surface area contributed by atoms with E-state index in [1.54, 1.807) is 28.0 Å². The highest BCUT2D eigenvalue weighted by molar-refractivity contribution is 6.42. The maximum absolute atomic E-state index is 12.9. The highest BCUT2D eigenvalue weighted by atomic mass is 35.5. The lowest BCUT2D eigenvalue weighted by molar-refractivity contribution is -0.141. The van der Waals surface area contributed by atoms with Gasteiger partial charge >= 0.3 is 0 Å². The second-order valence-corrected chi connectivity index (χ2v) is 7.80. The van der Waals surface area contributed by atoms with Crippen LogP contribution in [0, 0.1) is 5.92 Å². The number of carbonyl (C=O) groups is 3. The molecular formula is C19H24Cl2N4O3. The molecule has 0 spiro atoms. The molecule has 152 valence electrons. The van der Waals surface area contributed by atoms with Crippen LogP contribution in [0.25, 0.3) is 0 Å². The Labute approximate surface area is 174 Å². The molecule has 2 aliphatic rings. The minimum absolute atomic E-state index is 0.00878. The summed E-state index contributed by atoms with van der Waals surface area (Å²) in [7, 11) is 0. The minimum atomic E-state index is -0.663. The maximum Gasteiger partial charge on any atom is 0.239 e. The van der Waals surface area contributed by atoms with E-state index >= 15 is 0 Å². The monoisotopic (exact) mass is 426 g/mol. The highest BCUT2D eigenvalue weighted by Gasteiger charge is 2.40. The molecule has 0 saturated carbocycles. The van der Waals surface area contributed by atoms with Crippen molar-refractivity contribution in [2.75, 3.05) is 50.7 Å². The number of likely N-dealkylation sites (N-methyl/N-ethyl adjacent to an activating group) is 1. The number of nitrogens with one attached hydrogen (secondary N) is 1. The second-order valence-electron chi connectivity index (χ2n) is 6.98. The number of piperazine rings is 1. The van der Waals surface area contributed by atoms with Crippen LogP contribution in [-0.4, -0.2) is 73.3 Å². The zero-order valence-corrected chi connectivity index (χ0v) is 17.3. The van der Waals surface area contributed by atoms with Gasteiger partial charge in [0.2, 0.25) is 17.7 Å². The Morgan fingerprint density at radius 1 is 1.11 bits per heavy atom. The lowest BCUT2D eigenvalue weighted by Gasteiger charge is -2.35. The highest BCUT2D eigenvalue weighted by Crippen LogP contribution is 2.31. The molecule has 0 aliphatic carbocycles. The number of nitrogens with zero attached hydrogens (tertiary/aromatic N) is 3. The van der Waals surface area contributed by atoms with Gasteiger partial charge in [-0.15, -0.1) is 0 Å². The predicted octanol–water partition coefficient (Wildman–Crippen LogP) is 1.63. The molecule has 0 radical (unpaired) electrons. The van der Waals surface area contributed by atoms with Crippen molar-refractivity contribution in [1.29, 1.82) is 0 Å². The van der Waals surface area contributed by atoms with Gasteiger partial charge in [0, 0.05) is 45.0 Å². The number of benzene rings is 1. The molecule has 28 heavy (non-hydrogen) atoms. The third-order valence-corrected chi connectivity index (χ3v) is 5.88. The largest absolute Gasteiger partial charge is 0.355 e. The van der Waals surface area contributed by atoms with E-state index in [-0.39, 0.29) is 17.7 Å². The molecule has 3 rings (SSSR count). The van der Waals surface area contributed by atoms with E-state index in [4.69, 9.17) is 23.2 Å². The molecule has 9 heteroatoms. The number of rotatable bonds is 5. The van der Waals surface area contributed by atoms with Gasteiger partial charge in [0.15, 0.2) is 0 Å². The fourth-order valence-electron chi connectivity index (χ4n) is 3.62. The Balaban J connectivity index is 1.56. The molecule has 0 aromatic heterocycles. The van der Waals surface area contributed by atoms with E-state index in [0.29, 0.717) is 68.0 Å². The number of hydrogen-bond donors (Lipinski definition) is 1. The van der Waals surface area contributed by atoms with Crippen molar-refractivity contribution in [2.45, 2.75) is 13.3 Å². The second kappa shape index (κ2) is 9.11. The summed E-state index contributed by atoms with van der Waals surface area (Å²) in [5, 5.41) is 3.58. The first-order valence-corrected chi connectivity index (χ1v) is 10.2. The average molecular weight is 427 g/mol. The lowest BCUT2D eigenvalue weighted by atomic mass is 10.1. The number of anilines is 1. The zero-order chi connectivity index (χ0) is 20.3. The molecule has 2 saturated heterocycles. The van der Waals surface area contributed by atoms with Gasteiger partial charge < -0.3 is 15.1 Å². The van der Waals surface area contributed by atoms with E-state index < -0.39 is 5.92 Å². The Kier molecular flexibility index (Phi) is 6.80. The molecule has 3 amide bonds. The fourth-order valence-corrected chi connectivity index (χ4v) is 3.91. The average Bonchev–Trinajstić information content (AvgIpc) is 3.05. The molecule has 0 bridgehead atoms. The van der Waals surface area contributed by atoms with Crippen LogP contribution in [-0.2, 0) is 14.4 Å². The van der Waals surface area contributed by atoms with Gasteiger partial charge in [0.25, 0.3) is 0 Å². The lowest BCUT2D eigenvalue weighted by Crippen LogP contribution is -2.53. The minimum Gasteiger partial charge on any atom is -0.355 e. The van der Waals surface area contributed by atoms with Crippen molar-refractivity contribution >= 4 is 46.6 Å². The molecule has 7 nitrogen and oxygen atoms in total. The summed E-state index contributed by atoms with van der Waals surface area (Å²) in [5.41, 5.74) is 0.654. The van der Waals surface area contributed by atoms with Gasteiger partial charge in [-0.05, 0) is 31.5 Å². The summed E-state index contributed by atoms with van der Waals surface area (Å²) in [5.74, 6) is -1.01. The Morgan fingerprint density at radius 3 is 2.46 bits per heavy atom. The quantitative estimate of drug-likeness (QED) is 0.726. The Bertz CT molecular complexity index is 766. The molecule has 1 aromatic carbocycles. The van der Waals surface area contributed by atoms with Crippen LogP contribution in [0.15, 0.2) is 18.2 Å². The van der Waals surface area contributed by atoms with Gasteiger partial charge in [0.05, 0.1) is 16.6 Å². The summed E-state index contributed by atoms with van der Waals surface area (Å²) < 4.78 is 0. The van der Waals surface area contributed by atoms with Crippen LogP contribution in [0.3, 0.4) is 0 Å². The fraction of sp³-hybridized carbons (Fsp3) is 0.526. The van der Waals surface area contributed by atoms with Gasteiger partial charge in [-0.3, -0.25) is 19.3 Å². The molecule has 2 fully saturated rings. The van der Waals surface area contributed by atoms with E-state index in [2.05, 4.69) is 5.32 Å². The summed E-state index contributed by atoms with van der Waals surface area (Å²) in [6.07, 6.45) is 0.483. The van der Waals surface area contributed by atoms with Crippen molar-refractivity contribution < 1.29 is 14.4 Å². The SMILES string of the molecule is CCNC(=O)CN1CCN(C(=O)C2CCN(c3ccc(Cl)c(Cl)c3)C2=O)CC1. The number of hydrogen-bond acceptors (Lipinski definition) is 4. The van der Waals surface area contributed by atoms with Crippen LogP contribution in [0.1, 0.15) is 13.3 Å². The van der Waals surface area contributed by atoms with E-state index in [9.17, 15) is 14.4 Å². The van der Waals surface area contributed by atoms with Crippen molar-refractivity contribution in [1.82, 2.24) is 15.1 Å². The summed E-state index contributed by atoms with van der Waals surface area (Å²) in [4.78, 5) is 42.7. The summed E-state index contributed by atoms with van der Waals surface area (Å²) >= 11 is 12.0. The van der Waals surface area contributed by atoms with Gasteiger partial charge in [-0.1, -0.05) is 23.2 Å². The summed E-state index contributed by atoms with van der Waals surface area (Å²) in [6.45, 7) is 5.60. The van der Waals surface area contributed by atoms with E-state index in [0.717, 1.165) is 0 Å². The normalized spacial score (nSPS) is 20.5. The first kappa shape index (κ1) is 20.9. The molecule has 1 atom stereocenters. The van der Waals surface area contributed by atoms with E-state index in [1.807, 2.05) is 11.8 Å². The number of carbonyl (C=O) groups excluding carboxylic acids is 3. The molecule has 1 N–H and O–H groups in total. The van der Waals surface area contributed by atoms with Crippen LogP contribution < -0.4 is 10.2 Å². The Hall–Kier alpha value is -1.83. The molecule has 1 unspecified atom stereocenters. The first-order chi connectivity index (χ1) is 13.4. The topological polar surface area (TPSA) is 73.0 Å². The summed E-state index contributed by atoms with van der Waals surface area (Å²) in [6, 6.07) is 5.03.